The Morgan fingerprint density at radius 3 is 2.76 bits per heavy atom. The van der Waals surface area contributed by atoms with E-state index in [1.54, 1.807) is 0 Å². The summed E-state index contributed by atoms with van der Waals surface area (Å²) >= 11 is 7.24. The van der Waals surface area contributed by atoms with E-state index in [-0.39, 0.29) is 11.6 Å². The molecule has 0 amide bonds. The Morgan fingerprint density at radius 1 is 1.52 bits per heavy atom. The van der Waals surface area contributed by atoms with Gasteiger partial charge in [0.05, 0.1) is 17.4 Å². The summed E-state index contributed by atoms with van der Waals surface area (Å²) in [6, 6.07) is 0.179. The van der Waals surface area contributed by atoms with Crippen LogP contribution >= 0.6 is 34.8 Å². The maximum Gasteiger partial charge on any atom is 0.266 e. The van der Waals surface area contributed by atoms with Crippen LogP contribution < -0.4 is 16.2 Å². The average Bonchev–Trinajstić information content (AvgIpc) is 2.48. The first-order chi connectivity index (χ1) is 10.0. The Labute approximate surface area is 143 Å². The summed E-state index contributed by atoms with van der Waals surface area (Å²) in [5.74, 6) is 0.765. The van der Waals surface area contributed by atoms with Crippen LogP contribution in [0.25, 0.3) is 0 Å². The number of hydrogen-bond acceptors (Lipinski definition) is 5. The van der Waals surface area contributed by atoms with E-state index in [1.165, 1.54) is 6.33 Å². The number of nitrogens with two attached hydrogens (primary N) is 1. The Kier molecular flexibility index (Phi) is 5.94. The number of halogens is 1. The number of anilines is 1. The fourth-order valence-corrected chi connectivity index (χ4v) is 3.52. The van der Waals surface area contributed by atoms with Crippen LogP contribution in [0.15, 0.2) is 11.1 Å². The molecular weight excluding hydrogens is 401 g/mol. The molecule has 2 rings (SSSR count). The van der Waals surface area contributed by atoms with Crippen LogP contribution in [0.2, 0.25) is 0 Å². The van der Waals surface area contributed by atoms with Gasteiger partial charge in [0.2, 0.25) is 0 Å². The summed E-state index contributed by atoms with van der Waals surface area (Å²) in [6.07, 6.45) is 3.52. The molecule has 1 aliphatic heterocycles. The third-order valence-electron chi connectivity index (χ3n) is 3.72. The lowest BCUT2D eigenvalue weighted by Gasteiger charge is -2.39. The van der Waals surface area contributed by atoms with E-state index in [0.717, 1.165) is 44.8 Å². The van der Waals surface area contributed by atoms with Gasteiger partial charge in [-0.25, -0.2) is 4.98 Å². The van der Waals surface area contributed by atoms with Crippen molar-refractivity contribution >= 4 is 45.6 Å². The lowest BCUT2D eigenvalue weighted by Crippen LogP contribution is -2.54. The first-order valence-corrected chi connectivity index (χ1v) is 8.54. The molecule has 1 unspecified atom stereocenters. The molecule has 0 spiro atoms. The van der Waals surface area contributed by atoms with Gasteiger partial charge in [-0.05, 0) is 29.0 Å². The van der Waals surface area contributed by atoms with Crippen molar-refractivity contribution in [3.05, 3.63) is 20.3 Å². The first-order valence-electron chi connectivity index (χ1n) is 7.06. The van der Waals surface area contributed by atoms with E-state index in [9.17, 15) is 4.79 Å². The highest BCUT2D eigenvalue weighted by Gasteiger charge is 2.26. The molecule has 0 saturated carbocycles. The van der Waals surface area contributed by atoms with E-state index < -0.39 is 0 Å². The minimum Gasteiger partial charge on any atom is -0.392 e. The van der Waals surface area contributed by atoms with Crippen molar-refractivity contribution in [1.29, 1.82) is 0 Å². The molecule has 1 atom stereocenters. The van der Waals surface area contributed by atoms with Crippen molar-refractivity contribution in [3.63, 3.8) is 0 Å². The number of aromatic nitrogens is 2. The molecule has 0 bridgehead atoms. The van der Waals surface area contributed by atoms with Crippen LogP contribution in [0, 0.1) is 3.57 Å². The Balaban J connectivity index is 2.04. The summed E-state index contributed by atoms with van der Waals surface area (Å²) in [4.78, 5) is 23.6. The van der Waals surface area contributed by atoms with Crippen LogP contribution in [0.3, 0.4) is 0 Å². The topological polar surface area (TPSA) is 78.2 Å². The number of nitrogens with one attached hydrogen (secondary N) is 1. The molecule has 1 saturated heterocycles. The van der Waals surface area contributed by atoms with Gasteiger partial charge in [-0.3, -0.25) is 9.69 Å². The van der Waals surface area contributed by atoms with Gasteiger partial charge in [0.15, 0.2) is 0 Å². The summed E-state index contributed by atoms with van der Waals surface area (Å²) < 4.78 is 0.642. The quantitative estimate of drug-likeness (QED) is 0.545. The summed E-state index contributed by atoms with van der Waals surface area (Å²) in [5, 5.41) is 0. The zero-order chi connectivity index (χ0) is 15.4. The van der Waals surface area contributed by atoms with Gasteiger partial charge in [0.25, 0.3) is 5.56 Å². The molecule has 0 aromatic carbocycles. The van der Waals surface area contributed by atoms with Crippen molar-refractivity contribution in [2.75, 3.05) is 31.1 Å². The van der Waals surface area contributed by atoms with E-state index in [4.69, 9.17) is 18.0 Å². The zero-order valence-electron chi connectivity index (χ0n) is 12.0. The first kappa shape index (κ1) is 16.6. The molecule has 1 aliphatic rings. The fourth-order valence-electron chi connectivity index (χ4n) is 2.62. The highest BCUT2D eigenvalue weighted by molar-refractivity contribution is 14.1. The van der Waals surface area contributed by atoms with Crippen LogP contribution in [0.5, 0.6) is 0 Å². The third-order valence-corrected chi connectivity index (χ3v) is 4.97. The van der Waals surface area contributed by atoms with Gasteiger partial charge >= 0.3 is 0 Å². The molecule has 6 nitrogen and oxygen atoms in total. The molecule has 8 heteroatoms. The number of hydrogen-bond donors (Lipinski definition) is 2. The second-order valence-electron chi connectivity index (χ2n) is 5.10. The number of thiocarbonyl (C=S) groups is 1. The lowest BCUT2D eigenvalue weighted by molar-refractivity contribution is 0.219. The predicted octanol–water partition coefficient (Wildman–Crippen LogP) is 0.951. The van der Waals surface area contributed by atoms with Gasteiger partial charge in [0.1, 0.15) is 9.39 Å². The minimum atomic E-state index is -0.0879. The molecule has 1 fully saturated rings. The number of H-pyrrole nitrogens is 1. The second-order valence-corrected chi connectivity index (χ2v) is 6.65. The SMILES string of the molecule is CCCC(C(N)=S)N1CCN(c2nc[nH]c(=O)c2I)CC1. The third kappa shape index (κ3) is 3.92. The lowest BCUT2D eigenvalue weighted by atomic mass is 10.1. The van der Waals surface area contributed by atoms with Gasteiger partial charge in [-0.1, -0.05) is 25.6 Å². The number of aromatic amines is 1. The minimum absolute atomic E-state index is 0.0879. The smallest absolute Gasteiger partial charge is 0.266 e. The maximum absolute atomic E-state index is 11.7. The largest absolute Gasteiger partial charge is 0.392 e. The molecule has 1 aromatic heterocycles. The Morgan fingerprint density at radius 2 is 2.19 bits per heavy atom. The standard InChI is InChI=1S/C13H20IN5OS/c1-2-3-9(11(15)21)18-4-6-19(7-5-18)12-10(14)13(20)17-8-16-12/h8-9H,2-7H2,1H3,(H2,15,21)(H,16,17,20). The monoisotopic (exact) mass is 421 g/mol. The molecule has 2 heterocycles. The summed E-state index contributed by atoms with van der Waals surface area (Å²) in [7, 11) is 0. The average molecular weight is 421 g/mol. The maximum atomic E-state index is 11.7. The highest BCUT2D eigenvalue weighted by atomic mass is 127. The zero-order valence-corrected chi connectivity index (χ0v) is 15.0. The highest BCUT2D eigenvalue weighted by Crippen LogP contribution is 2.19. The van der Waals surface area contributed by atoms with E-state index in [0.29, 0.717) is 8.56 Å². The molecule has 116 valence electrons. The summed E-state index contributed by atoms with van der Waals surface area (Å²) in [5.41, 5.74) is 5.77. The van der Waals surface area contributed by atoms with Crippen LogP contribution in [-0.4, -0.2) is 52.1 Å². The van der Waals surface area contributed by atoms with Crippen molar-refractivity contribution in [2.45, 2.75) is 25.8 Å². The van der Waals surface area contributed by atoms with Gasteiger partial charge in [0, 0.05) is 26.2 Å². The van der Waals surface area contributed by atoms with Crippen LogP contribution in [-0.2, 0) is 0 Å². The molecule has 1 aromatic rings. The van der Waals surface area contributed by atoms with Crippen molar-refractivity contribution in [1.82, 2.24) is 14.9 Å². The normalized spacial score (nSPS) is 17.7. The van der Waals surface area contributed by atoms with Gasteiger partial charge < -0.3 is 15.6 Å². The summed E-state index contributed by atoms with van der Waals surface area (Å²) in [6.45, 7) is 5.56. The van der Waals surface area contributed by atoms with Crippen molar-refractivity contribution in [2.24, 2.45) is 5.73 Å². The molecule has 3 N–H and O–H groups in total. The van der Waals surface area contributed by atoms with Crippen molar-refractivity contribution in [3.8, 4) is 0 Å². The number of nitrogens with zero attached hydrogens (tertiary/aromatic N) is 3. The fraction of sp³-hybridized carbons (Fsp3) is 0.615. The molecule has 21 heavy (non-hydrogen) atoms. The number of piperazine rings is 1. The molecule has 0 radical (unpaired) electrons. The van der Waals surface area contributed by atoms with E-state index in [2.05, 4.69) is 26.7 Å². The Hall–Kier alpha value is -0.740. The van der Waals surface area contributed by atoms with E-state index >= 15 is 0 Å². The second kappa shape index (κ2) is 7.50. The molecule has 0 aliphatic carbocycles. The van der Waals surface area contributed by atoms with Crippen LogP contribution in [0.1, 0.15) is 19.8 Å². The molecular formula is C13H20IN5OS. The Bertz CT molecular complexity index is 556. The van der Waals surface area contributed by atoms with Crippen LogP contribution in [0.4, 0.5) is 5.82 Å². The number of rotatable bonds is 5. The van der Waals surface area contributed by atoms with E-state index in [1.807, 2.05) is 22.6 Å². The van der Waals surface area contributed by atoms with Crippen molar-refractivity contribution < 1.29 is 0 Å². The predicted molar refractivity (Wildman–Crippen MR) is 96.8 cm³/mol. The van der Waals surface area contributed by atoms with Gasteiger partial charge in [-0.15, -0.1) is 0 Å². The van der Waals surface area contributed by atoms with Gasteiger partial charge in [-0.2, -0.15) is 0 Å².